The number of rotatable bonds is 4. The maximum absolute atomic E-state index is 5.74. The maximum atomic E-state index is 5.74. The zero-order chi connectivity index (χ0) is 11.4. The topological polar surface area (TPSA) is 38.0 Å². The van der Waals surface area contributed by atoms with Gasteiger partial charge in [-0.05, 0) is 37.6 Å². The molecule has 3 unspecified atom stereocenters. The van der Waals surface area contributed by atoms with Crippen LogP contribution in [-0.2, 0) is 0 Å². The summed E-state index contributed by atoms with van der Waals surface area (Å²) in [5.41, 5.74) is 7.04. The highest BCUT2D eigenvalue weighted by Crippen LogP contribution is 2.32. The number of hydrogen-bond acceptors (Lipinski definition) is 2. The molecule has 0 bridgehead atoms. The Bertz CT molecular complexity index is 304. The highest BCUT2D eigenvalue weighted by atomic mass is 15.0. The molecule has 2 rings (SSSR count). The normalized spacial score (nSPS) is 33.8. The molecule has 1 fully saturated rings. The van der Waals surface area contributed by atoms with Crippen molar-refractivity contribution in [1.82, 2.24) is 5.32 Å². The lowest BCUT2D eigenvalue weighted by Gasteiger charge is -2.22. The van der Waals surface area contributed by atoms with Gasteiger partial charge in [-0.1, -0.05) is 29.9 Å². The Labute approximate surface area is 98.3 Å². The summed E-state index contributed by atoms with van der Waals surface area (Å²) in [6.45, 7) is 5.57. The number of fused-ring (bicyclic) bond motifs is 1. The molecule has 1 saturated heterocycles. The second-order valence-electron chi connectivity index (χ2n) is 4.80. The average molecular weight is 218 g/mol. The molecule has 16 heavy (non-hydrogen) atoms. The van der Waals surface area contributed by atoms with Crippen LogP contribution in [0.5, 0.6) is 0 Å². The highest BCUT2D eigenvalue weighted by Gasteiger charge is 2.33. The van der Waals surface area contributed by atoms with Crippen LogP contribution in [0.1, 0.15) is 19.3 Å². The molecule has 1 aliphatic carbocycles. The Morgan fingerprint density at radius 3 is 3.19 bits per heavy atom. The highest BCUT2D eigenvalue weighted by molar-refractivity contribution is 5.18. The Kier molecular flexibility index (Phi) is 3.97. The van der Waals surface area contributed by atoms with Crippen molar-refractivity contribution in [3.05, 3.63) is 36.5 Å². The smallest absolute Gasteiger partial charge is 0.0319 e. The fourth-order valence-electron chi connectivity index (χ4n) is 2.82. The molecule has 1 aliphatic heterocycles. The molecule has 0 spiro atoms. The van der Waals surface area contributed by atoms with Gasteiger partial charge in [-0.15, -0.1) is 6.58 Å². The van der Waals surface area contributed by atoms with Gasteiger partial charge in [0.05, 0.1) is 0 Å². The minimum absolute atomic E-state index is 0.486. The third kappa shape index (κ3) is 2.45. The summed E-state index contributed by atoms with van der Waals surface area (Å²) in [6, 6.07) is 0.486. The zero-order valence-electron chi connectivity index (χ0n) is 9.86. The summed E-state index contributed by atoms with van der Waals surface area (Å²) in [7, 11) is 0. The molecule has 2 heteroatoms. The van der Waals surface area contributed by atoms with E-state index in [1.165, 1.54) is 18.4 Å². The molecule has 0 aromatic heterocycles. The first-order chi connectivity index (χ1) is 7.85. The molecule has 2 nitrogen and oxygen atoms in total. The maximum Gasteiger partial charge on any atom is 0.0319 e. The Hall–Kier alpha value is -0.860. The van der Waals surface area contributed by atoms with Crippen molar-refractivity contribution in [2.24, 2.45) is 17.6 Å². The fraction of sp³-hybridized carbons (Fsp3) is 0.571. The average Bonchev–Trinajstić information content (AvgIpc) is 2.72. The van der Waals surface area contributed by atoms with E-state index >= 15 is 0 Å². The van der Waals surface area contributed by atoms with Gasteiger partial charge in [0, 0.05) is 12.6 Å². The van der Waals surface area contributed by atoms with E-state index in [9.17, 15) is 0 Å². The van der Waals surface area contributed by atoms with E-state index < -0.39 is 0 Å². The van der Waals surface area contributed by atoms with Gasteiger partial charge in [-0.2, -0.15) is 0 Å². The van der Waals surface area contributed by atoms with Crippen LogP contribution in [0.15, 0.2) is 36.5 Å². The zero-order valence-corrected chi connectivity index (χ0v) is 9.86. The minimum atomic E-state index is 0.486. The van der Waals surface area contributed by atoms with E-state index in [0.717, 1.165) is 18.9 Å². The van der Waals surface area contributed by atoms with Crippen LogP contribution in [-0.4, -0.2) is 19.1 Å². The molecule has 0 radical (unpaired) electrons. The monoisotopic (exact) mass is 218 g/mol. The molecule has 3 N–H and O–H groups in total. The molecule has 0 aromatic rings. The van der Waals surface area contributed by atoms with E-state index in [4.69, 9.17) is 5.73 Å². The number of hydrogen-bond donors (Lipinski definition) is 2. The first-order valence-electron chi connectivity index (χ1n) is 6.25. The minimum Gasteiger partial charge on any atom is -0.327 e. The van der Waals surface area contributed by atoms with Crippen molar-refractivity contribution in [2.45, 2.75) is 25.3 Å². The first-order valence-corrected chi connectivity index (χ1v) is 6.25. The van der Waals surface area contributed by atoms with Crippen molar-refractivity contribution >= 4 is 0 Å². The fourth-order valence-corrected chi connectivity index (χ4v) is 2.82. The van der Waals surface area contributed by atoms with Crippen LogP contribution >= 0.6 is 0 Å². The largest absolute Gasteiger partial charge is 0.327 e. The van der Waals surface area contributed by atoms with Crippen molar-refractivity contribution in [3.8, 4) is 0 Å². The summed E-state index contributed by atoms with van der Waals surface area (Å²) in [6.07, 6.45) is 12.5. The standard InChI is InChI=1S/C14H22N2/c1-2-5-11(9-15)8-14-13-7-4-3-6-12(13)10-16-14/h2,4,7-8,12-14,16H,1,3,5-6,9-10,15H2. The van der Waals surface area contributed by atoms with Gasteiger partial charge in [-0.25, -0.2) is 0 Å². The van der Waals surface area contributed by atoms with Crippen molar-refractivity contribution in [3.63, 3.8) is 0 Å². The number of nitrogens with two attached hydrogens (primary N) is 1. The first kappa shape index (κ1) is 11.6. The van der Waals surface area contributed by atoms with Crippen molar-refractivity contribution in [1.29, 1.82) is 0 Å². The van der Waals surface area contributed by atoms with Crippen molar-refractivity contribution < 1.29 is 0 Å². The second kappa shape index (κ2) is 5.46. The van der Waals surface area contributed by atoms with Crippen molar-refractivity contribution in [2.75, 3.05) is 13.1 Å². The lowest BCUT2D eigenvalue weighted by atomic mass is 9.82. The van der Waals surface area contributed by atoms with Crippen LogP contribution in [0.25, 0.3) is 0 Å². The Morgan fingerprint density at radius 1 is 1.56 bits per heavy atom. The molecule has 0 aromatic carbocycles. The summed E-state index contributed by atoms with van der Waals surface area (Å²) in [5, 5.41) is 3.60. The summed E-state index contributed by atoms with van der Waals surface area (Å²) in [4.78, 5) is 0. The predicted octanol–water partition coefficient (Wildman–Crippen LogP) is 2.00. The van der Waals surface area contributed by atoms with E-state index in [-0.39, 0.29) is 0 Å². The van der Waals surface area contributed by atoms with Gasteiger partial charge < -0.3 is 11.1 Å². The summed E-state index contributed by atoms with van der Waals surface area (Å²) in [5.74, 6) is 1.51. The van der Waals surface area contributed by atoms with E-state index in [0.29, 0.717) is 18.5 Å². The van der Waals surface area contributed by atoms with Gasteiger partial charge in [0.25, 0.3) is 0 Å². The van der Waals surface area contributed by atoms with Gasteiger partial charge in [0.15, 0.2) is 0 Å². The number of allylic oxidation sites excluding steroid dienone is 2. The van der Waals surface area contributed by atoms with Gasteiger partial charge >= 0.3 is 0 Å². The van der Waals surface area contributed by atoms with Gasteiger partial charge in [0.1, 0.15) is 0 Å². The molecule has 0 saturated carbocycles. The summed E-state index contributed by atoms with van der Waals surface area (Å²) < 4.78 is 0. The third-order valence-electron chi connectivity index (χ3n) is 3.72. The molecule has 2 aliphatic rings. The second-order valence-corrected chi connectivity index (χ2v) is 4.80. The number of nitrogens with one attached hydrogen (secondary N) is 1. The van der Waals surface area contributed by atoms with Crippen LogP contribution in [0.3, 0.4) is 0 Å². The molecule has 0 amide bonds. The quantitative estimate of drug-likeness (QED) is 0.708. The molecule has 3 atom stereocenters. The lowest BCUT2D eigenvalue weighted by Crippen LogP contribution is -2.25. The molecular weight excluding hydrogens is 196 g/mol. The lowest BCUT2D eigenvalue weighted by molar-refractivity contribution is 0.422. The molecule has 88 valence electrons. The molecule has 1 heterocycles. The summed E-state index contributed by atoms with van der Waals surface area (Å²) >= 11 is 0. The van der Waals surface area contributed by atoms with Crippen LogP contribution < -0.4 is 11.1 Å². The predicted molar refractivity (Wildman–Crippen MR) is 69.1 cm³/mol. The van der Waals surface area contributed by atoms with Gasteiger partial charge in [-0.3, -0.25) is 0 Å². The Balaban J connectivity index is 2.06. The Morgan fingerprint density at radius 2 is 2.44 bits per heavy atom. The van der Waals surface area contributed by atoms with E-state index in [1.807, 2.05) is 6.08 Å². The van der Waals surface area contributed by atoms with Gasteiger partial charge in [0.2, 0.25) is 0 Å². The van der Waals surface area contributed by atoms with Crippen LogP contribution in [0, 0.1) is 11.8 Å². The molecular formula is C14H22N2. The van der Waals surface area contributed by atoms with E-state index in [2.05, 4.69) is 30.1 Å². The van der Waals surface area contributed by atoms with Crippen LogP contribution in [0.2, 0.25) is 0 Å². The third-order valence-corrected chi connectivity index (χ3v) is 3.72. The SMILES string of the molecule is C=CCC(=CC1NCC2CCC=CC21)CN. The van der Waals surface area contributed by atoms with Crippen LogP contribution in [0.4, 0.5) is 0 Å². The van der Waals surface area contributed by atoms with E-state index in [1.54, 1.807) is 0 Å².